The molecule has 3 nitrogen and oxygen atoms in total. The first kappa shape index (κ1) is 16.5. The van der Waals surface area contributed by atoms with Gasteiger partial charge in [0, 0.05) is 11.6 Å². The molecule has 23 heavy (non-hydrogen) atoms. The van der Waals surface area contributed by atoms with Gasteiger partial charge in [-0.2, -0.15) is 0 Å². The van der Waals surface area contributed by atoms with Gasteiger partial charge >= 0.3 is 0 Å². The van der Waals surface area contributed by atoms with Crippen LogP contribution in [0.4, 0.5) is 0 Å². The number of rotatable bonds is 4. The van der Waals surface area contributed by atoms with Crippen LogP contribution in [0.5, 0.6) is 5.75 Å². The van der Waals surface area contributed by atoms with Crippen LogP contribution in [-0.2, 0) is 4.79 Å². The molecule has 1 aliphatic carbocycles. The summed E-state index contributed by atoms with van der Waals surface area (Å²) in [6.45, 7) is 2.56. The largest absolute Gasteiger partial charge is 0.493 e. The molecule has 5 heteroatoms. The van der Waals surface area contributed by atoms with E-state index in [1.165, 1.54) is 31.0 Å². The summed E-state index contributed by atoms with van der Waals surface area (Å²) in [7, 11) is 0. The zero-order valence-corrected chi connectivity index (χ0v) is 14.9. The fourth-order valence-electron chi connectivity index (χ4n) is 3.16. The third-order valence-corrected chi connectivity index (χ3v) is 5.60. The molecule has 1 heterocycles. The Balaban J connectivity index is 1.84. The van der Waals surface area contributed by atoms with Crippen molar-refractivity contribution in [1.82, 2.24) is 4.90 Å². The summed E-state index contributed by atoms with van der Waals surface area (Å²) >= 11 is 6.88. The number of thioether (sulfide) groups is 1. The maximum atomic E-state index is 12.8. The number of amides is 1. The van der Waals surface area contributed by atoms with Crippen LogP contribution >= 0.6 is 24.0 Å². The molecule has 0 aromatic heterocycles. The minimum Gasteiger partial charge on any atom is -0.493 e. The second-order valence-corrected chi connectivity index (χ2v) is 7.49. The van der Waals surface area contributed by atoms with E-state index in [1.807, 2.05) is 42.2 Å². The van der Waals surface area contributed by atoms with Gasteiger partial charge in [-0.3, -0.25) is 9.69 Å². The monoisotopic (exact) mass is 347 g/mol. The highest BCUT2D eigenvalue weighted by molar-refractivity contribution is 8.26. The summed E-state index contributed by atoms with van der Waals surface area (Å²) in [6.07, 6.45) is 7.68. The van der Waals surface area contributed by atoms with Gasteiger partial charge in [0.1, 0.15) is 10.1 Å². The van der Waals surface area contributed by atoms with Crippen LogP contribution in [0.2, 0.25) is 0 Å². The first-order valence-electron chi connectivity index (χ1n) is 8.19. The molecule has 3 rings (SSSR count). The Morgan fingerprint density at radius 3 is 2.78 bits per heavy atom. The Morgan fingerprint density at radius 2 is 2.04 bits per heavy atom. The van der Waals surface area contributed by atoms with Gasteiger partial charge in [0.2, 0.25) is 0 Å². The maximum Gasteiger partial charge on any atom is 0.266 e. The highest BCUT2D eigenvalue weighted by Gasteiger charge is 2.37. The maximum absolute atomic E-state index is 12.8. The lowest BCUT2D eigenvalue weighted by atomic mass is 9.94. The van der Waals surface area contributed by atoms with Gasteiger partial charge < -0.3 is 4.74 Å². The van der Waals surface area contributed by atoms with Gasteiger partial charge in [0.05, 0.1) is 11.5 Å². The number of ether oxygens (including phenoxy) is 1. The van der Waals surface area contributed by atoms with Gasteiger partial charge in [0.15, 0.2) is 0 Å². The van der Waals surface area contributed by atoms with Gasteiger partial charge in [-0.25, -0.2) is 0 Å². The molecule has 0 radical (unpaired) electrons. The first-order chi connectivity index (χ1) is 11.2. The van der Waals surface area contributed by atoms with E-state index in [-0.39, 0.29) is 11.9 Å². The summed E-state index contributed by atoms with van der Waals surface area (Å²) in [5, 5.41) is 0. The van der Waals surface area contributed by atoms with Crippen LogP contribution in [0.25, 0.3) is 6.08 Å². The van der Waals surface area contributed by atoms with Gasteiger partial charge in [-0.1, -0.05) is 61.4 Å². The van der Waals surface area contributed by atoms with Crippen molar-refractivity contribution in [3.05, 3.63) is 34.7 Å². The SMILES string of the molecule is CCOc1ccccc1/C=C1/SC(=S)N(C2CCCCC2)C1=O. The zero-order valence-electron chi connectivity index (χ0n) is 13.3. The van der Waals surface area contributed by atoms with Crippen molar-refractivity contribution in [2.45, 2.75) is 45.1 Å². The van der Waals surface area contributed by atoms with E-state index >= 15 is 0 Å². The molecule has 1 aromatic carbocycles. The molecule has 1 aliphatic heterocycles. The third-order valence-electron chi connectivity index (χ3n) is 4.27. The highest BCUT2D eigenvalue weighted by Crippen LogP contribution is 2.38. The van der Waals surface area contributed by atoms with Gasteiger partial charge in [-0.05, 0) is 31.9 Å². The first-order valence-corrected chi connectivity index (χ1v) is 9.42. The van der Waals surface area contributed by atoms with E-state index in [9.17, 15) is 4.79 Å². The molecule has 0 bridgehead atoms. The minimum atomic E-state index is 0.0539. The van der Waals surface area contributed by atoms with Crippen LogP contribution in [0.3, 0.4) is 0 Å². The Labute approximate surface area is 147 Å². The highest BCUT2D eigenvalue weighted by atomic mass is 32.2. The predicted molar refractivity (Wildman–Crippen MR) is 99.5 cm³/mol. The number of thiocarbonyl (C=S) groups is 1. The molecule has 2 fully saturated rings. The van der Waals surface area contributed by atoms with E-state index in [0.29, 0.717) is 15.8 Å². The number of benzene rings is 1. The van der Waals surface area contributed by atoms with Crippen molar-refractivity contribution in [3.63, 3.8) is 0 Å². The summed E-state index contributed by atoms with van der Waals surface area (Å²) in [4.78, 5) is 15.3. The number of nitrogens with zero attached hydrogens (tertiary/aromatic N) is 1. The van der Waals surface area contributed by atoms with Crippen molar-refractivity contribution in [2.75, 3.05) is 6.61 Å². The van der Waals surface area contributed by atoms with Crippen molar-refractivity contribution in [3.8, 4) is 5.75 Å². The molecule has 122 valence electrons. The second kappa shape index (κ2) is 7.49. The Bertz CT molecular complexity index is 636. The molecular weight excluding hydrogens is 326 g/mol. The topological polar surface area (TPSA) is 29.5 Å². The Kier molecular flexibility index (Phi) is 5.38. The average molecular weight is 348 g/mol. The molecule has 0 unspecified atom stereocenters. The van der Waals surface area contributed by atoms with Crippen molar-refractivity contribution in [1.29, 1.82) is 0 Å². The molecular formula is C18H21NO2S2. The van der Waals surface area contributed by atoms with E-state index in [1.54, 1.807) is 0 Å². The smallest absolute Gasteiger partial charge is 0.266 e. The van der Waals surface area contributed by atoms with E-state index in [4.69, 9.17) is 17.0 Å². The lowest BCUT2D eigenvalue weighted by Crippen LogP contribution is -2.39. The van der Waals surface area contributed by atoms with Crippen LogP contribution in [0.15, 0.2) is 29.2 Å². The molecule has 1 saturated heterocycles. The standard InChI is InChI=1S/C18H21NO2S2/c1-2-21-15-11-7-6-8-13(15)12-16-17(20)19(18(22)23-16)14-9-4-3-5-10-14/h6-8,11-12,14H,2-5,9-10H2,1H3/b16-12+. The predicted octanol–water partition coefficient (Wildman–Crippen LogP) is 4.62. The lowest BCUT2D eigenvalue weighted by molar-refractivity contribution is -0.124. The van der Waals surface area contributed by atoms with E-state index in [0.717, 1.165) is 24.2 Å². The zero-order chi connectivity index (χ0) is 16.2. The summed E-state index contributed by atoms with van der Waals surface area (Å²) in [5.41, 5.74) is 0.929. The molecule has 0 atom stereocenters. The van der Waals surface area contributed by atoms with Gasteiger partial charge in [0.25, 0.3) is 5.91 Å². The molecule has 1 saturated carbocycles. The Hall–Kier alpha value is -1.33. The molecule has 1 aromatic rings. The van der Waals surface area contributed by atoms with E-state index < -0.39 is 0 Å². The molecule has 2 aliphatic rings. The van der Waals surface area contributed by atoms with Gasteiger partial charge in [-0.15, -0.1) is 0 Å². The van der Waals surface area contributed by atoms with Crippen LogP contribution in [0.1, 0.15) is 44.6 Å². The lowest BCUT2D eigenvalue weighted by Gasteiger charge is -2.29. The van der Waals surface area contributed by atoms with E-state index in [2.05, 4.69) is 0 Å². The number of para-hydroxylation sites is 1. The third kappa shape index (κ3) is 3.61. The van der Waals surface area contributed by atoms with Crippen molar-refractivity contribution >= 4 is 40.3 Å². The average Bonchev–Trinajstić information content (AvgIpc) is 2.84. The van der Waals surface area contributed by atoms with Crippen molar-refractivity contribution < 1.29 is 9.53 Å². The molecule has 0 N–H and O–H groups in total. The summed E-state index contributed by atoms with van der Waals surface area (Å²) < 4.78 is 6.34. The number of carbonyl (C=O) groups is 1. The van der Waals surface area contributed by atoms with Crippen molar-refractivity contribution in [2.24, 2.45) is 0 Å². The quantitative estimate of drug-likeness (QED) is 0.587. The minimum absolute atomic E-state index is 0.0539. The summed E-state index contributed by atoms with van der Waals surface area (Å²) in [6, 6.07) is 8.07. The normalized spacial score (nSPS) is 21.3. The van der Waals surface area contributed by atoms with Crippen LogP contribution in [-0.4, -0.2) is 27.8 Å². The number of hydrogen-bond acceptors (Lipinski definition) is 4. The van der Waals surface area contributed by atoms with Crippen LogP contribution < -0.4 is 4.74 Å². The fraction of sp³-hybridized carbons (Fsp3) is 0.444. The number of hydrogen-bond donors (Lipinski definition) is 0. The second-order valence-electron chi connectivity index (χ2n) is 5.81. The molecule has 1 amide bonds. The van der Waals surface area contributed by atoms with Crippen LogP contribution in [0, 0.1) is 0 Å². The Morgan fingerprint density at radius 1 is 1.30 bits per heavy atom. The number of carbonyl (C=O) groups excluding carboxylic acids is 1. The fourth-order valence-corrected chi connectivity index (χ4v) is 4.55. The summed E-state index contributed by atoms with van der Waals surface area (Å²) in [5.74, 6) is 0.858. The molecule has 0 spiro atoms.